The number of hydrogen-bond acceptors (Lipinski definition) is 6. The van der Waals surface area contributed by atoms with E-state index in [-0.39, 0.29) is 12.5 Å². The fourth-order valence-electron chi connectivity index (χ4n) is 2.96. The third-order valence-electron chi connectivity index (χ3n) is 4.43. The highest BCUT2D eigenvalue weighted by Gasteiger charge is 2.13. The Bertz CT molecular complexity index is 1110. The molecule has 0 unspecified atom stereocenters. The smallest absolute Gasteiger partial charge is 0.259 e. The molecule has 2 N–H and O–H groups in total. The normalized spacial score (nSPS) is 11.3. The van der Waals surface area contributed by atoms with Crippen LogP contribution < -0.4 is 20.2 Å². The molecule has 1 heterocycles. The Morgan fingerprint density at radius 3 is 2.55 bits per heavy atom. The molecule has 0 aliphatic heterocycles. The molecule has 2 aromatic carbocycles. The summed E-state index contributed by atoms with van der Waals surface area (Å²) in [5.41, 5.74) is 4.55. The highest BCUT2D eigenvalue weighted by molar-refractivity contribution is 7.17. The highest BCUT2D eigenvalue weighted by Crippen LogP contribution is 2.28. The number of hydrazone groups is 1. The van der Waals surface area contributed by atoms with Gasteiger partial charge in [-0.25, -0.2) is 5.43 Å². The predicted octanol–water partition coefficient (Wildman–Crippen LogP) is 3.97. The van der Waals surface area contributed by atoms with E-state index in [9.17, 15) is 9.59 Å². The van der Waals surface area contributed by atoms with E-state index in [0.717, 1.165) is 15.6 Å². The largest absolute Gasteiger partial charge is 0.490 e. The second-order valence-electron chi connectivity index (χ2n) is 6.59. The van der Waals surface area contributed by atoms with Crippen LogP contribution >= 0.6 is 11.3 Å². The first kappa shape index (κ1) is 22.3. The molecule has 3 aromatic rings. The minimum absolute atomic E-state index is 0.197. The maximum absolute atomic E-state index is 12.4. The first-order valence-electron chi connectivity index (χ1n) is 10.0. The molecule has 3 rings (SSSR count). The molecule has 7 nitrogen and oxygen atoms in total. The summed E-state index contributed by atoms with van der Waals surface area (Å²) in [5, 5.41) is 9.87. The lowest BCUT2D eigenvalue weighted by Gasteiger charge is -2.12. The SMILES string of the molecule is CCOc1ccc(C(=O)NCC(=O)N/N=C(\C)c2csc3ccccc23)cc1OCC. The predicted molar refractivity (Wildman–Crippen MR) is 123 cm³/mol. The van der Waals surface area contributed by atoms with Gasteiger partial charge in [-0.2, -0.15) is 5.10 Å². The number of rotatable bonds is 9. The summed E-state index contributed by atoms with van der Waals surface area (Å²) in [4.78, 5) is 24.6. The Kier molecular flexibility index (Phi) is 7.61. The van der Waals surface area contributed by atoms with Gasteiger partial charge in [0.2, 0.25) is 0 Å². The number of fused-ring (bicyclic) bond motifs is 1. The average molecular weight is 440 g/mol. The second kappa shape index (κ2) is 10.6. The lowest BCUT2D eigenvalue weighted by molar-refractivity contribution is -0.120. The minimum Gasteiger partial charge on any atom is -0.490 e. The lowest BCUT2D eigenvalue weighted by Crippen LogP contribution is -2.35. The zero-order valence-electron chi connectivity index (χ0n) is 17.7. The molecule has 0 aliphatic carbocycles. The van der Waals surface area contributed by atoms with E-state index in [1.807, 2.05) is 50.4 Å². The summed E-state index contributed by atoms with van der Waals surface area (Å²) in [6.45, 7) is 6.31. The van der Waals surface area contributed by atoms with Crippen molar-refractivity contribution in [3.05, 3.63) is 59.0 Å². The Labute approximate surface area is 185 Å². The van der Waals surface area contributed by atoms with Crippen molar-refractivity contribution in [2.24, 2.45) is 5.10 Å². The zero-order valence-corrected chi connectivity index (χ0v) is 18.5. The number of nitrogens with zero attached hydrogens (tertiary/aromatic N) is 1. The van der Waals surface area contributed by atoms with Crippen LogP contribution in [0.25, 0.3) is 10.1 Å². The zero-order chi connectivity index (χ0) is 22.2. The van der Waals surface area contributed by atoms with Crippen LogP contribution in [0.1, 0.15) is 36.7 Å². The van der Waals surface area contributed by atoms with Gasteiger partial charge in [-0.05, 0) is 45.0 Å². The van der Waals surface area contributed by atoms with E-state index in [1.165, 1.54) is 0 Å². The van der Waals surface area contributed by atoms with Gasteiger partial charge >= 0.3 is 0 Å². The van der Waals surface area contributed by atoms with Crippen LogP contribution in [0.5, 0.6) is 11.5 Å². The molecular formula is C23H25N3O4S. The molecule has 0 saturated heterocycles. The molecule has 0 bridgehead atoms. The van der Waals surface area contributed by atoms with Crippen molar-refractivity contribution in [2.75, 3.05) is 19.8 Å². The average Bonchev–Trinajstić information content (AvgIpc) is 3.21. The van der Waals surface area contributed by atoms with Crippen LogP contribution in [0.3, 0.4) is 0 Å². The first-order valence-corrected chi connectivity index (χ1v) is 10.9. The van der Waals surface area contributed by atoms with E-state index in [2.05, 4.69) is 15.8 Å². The Morgan fingerprint density at radius 2 is 1.77 bits per heavy atom. The van der Waals surface area contributed by atoms with Gasteiger partial charge in [0.15, 0.2) is 11.5 Å². The molecule has 2 amide bonds. The van der Waals surface area contributed by atoms with Crippen molar-refractivity contribution in [1.82, 2.24) is 10.7 Å². The molecule has 1 aromatic heterocycles. The van der Waals surface area contributed by atoms with Crippen molar-refractivity contribution in [1.29, 1.82) is 0 Å². The summed E-state index contributed by atoms with van der Waals surface area (Å²) in [5.74, 6) is 0.265. The number of thiophene rings is 1. The number of ether oxygens (including phenoxy) is 2. The van der Waals surface area contributed by atoms with Crippen LogP contribution in [0.2, 0.25) is 0 Å². The topological polar surface area (TPSA) is 89.0 Å². The van der Waals surface area contributed by atoms with E-state index >= 15 is 0 Å². The molecule has 0 atom stereocenters. The molecule has 0 saturated carbocycles. The number of amides is 2. The van der Waals surface area contributed by atoms with Gasteiger partial charge in [0.1, 0.15) is 0 Å². The van der Waals surface area contributed by atoms with Crippen LogP contribution in [-0.2, 0) is 4.79 Å². The van der Waals surface area contributed by atoms with Crippen molar-refractivity contribution in [3.63, 3.8) is 0 Å². The van der Waals surface area contributed by atoms with Gasteiger partial charge in [-0.1, -0.05) is 18.2 Å². The van der Waals surface area contributed by atoms with E-state index in [0.29, 0.717) is 36.0 Å². The quantitative estimate of drug-likeness (QED) is 0.390. The monoisotopic (exact) mass is 439 g/mol. The maximum Gasteiger partial charge on any atom is 0.259 e. The number of carbonyl (C=O) groups excluding carboxylic acids is 2. The highest BCUT2D eigenvalue weighted by atomic mass is 32.1. The minimum atomic E-state index is -0.414. The Hall–Kier alpha value is -3.39. The molecule has 8 heteroatoms. The van der Waals surface area contributed by atoms with Gasteiger partial charge in [-0.3, -0.25) is 9.59 Å². The number of benzene rings is 2. The summed E-state index contributed by atoms with van der Waals surface area (Å²) >= 11 is 1.63. The van der Waals surface area contributed by atoms with Crippen LogP contribution in [0.4, 0.5) is 0 Å². The van der Waals surface area contributed by atoms with Gasteiger partial charge in [0.05, 0.1) is 25.5 Å². The Balaban J connectivity index is 1.58. The van der Waals surface area contributed by atoms with Crippen LogP contribution in [0.15, 0.2) is 52.9 Å². The van der Waals surface area contributed by atoms with Gasteiger partial charge in [-0.15, -0.1) is 11.3 Å². The van der Waals surface area contributed by atoms with Crippen LogP contribution in [0, 0.1) is 0 Å². The summed E-state index contributed by atoms with van der Waals surface area (Å²) in [7, 11) is 0. The lowest BCUT2D eigenvalue weighted by atomic mass is 10.1. The number of hydrogen-bond donors (Lipinski definition) is 2. The first-order chi connectivity index (χ1) is 15.0. The molecule has 162 valence electrons. The van der Waals surface area contributed by atoms with Crippen LogP contribution in [-0.4, -0.2) is 37.3 Å². The molecule has 0 fully saturated rings. The fraction of sp³-hybridized carbons (Fsp3) is 0.261. The third kappa shape index (κ3) is 5.61. The van der Waals surface area contributed by atoms with E-state index < -0.39 is 5.91 Å². The van der Waals surface area contributed by atoms with Crippen molar-refractivity contribution >= 4 is 38.9 Å². The molecule has 0 radical (unpaired) electrons. The van der Waals surface area contributed by atoms with Crippen molar-refractivity contribution in [3.8, 4) is 11.5 Å². The van der Waals surface area contributed by atoms with Gasteiger partial charge < -0.3 is 14.8 Å². The fourth-order valence-corrected chi connectivity index (χ4v) is 3.96. The molecule has 0 aliphatic rings. The third-order valence-corrected chi connectivity index (χ3v) is 5.40. The molecule has 31 heavy (non-hydrogen) atoms. The molecule has 0 spiro atoms. The number of nitrogens with one attached hydrogen (secondary N) is 2. The number of carbonyl (C=O) groups is 2. The second-order valence-corrected chi connectivity index (χ2v) is 7.50. The van der Waals surface area contributed by atoms with E-state index in [4.69, 9.17) is 9.47 Å². The standard InChI is InChI=1S/C23H25N3O4S/c1-4-29-19-11-10-16(12-20(19)30-5-2)23(28)24-13-22(27)26-25-15(3)18-14-31-21-9-7-6-8-17(18)21/h6-12,14H,4-5,13H2,1-3H3,(H,24,28)(H,26,27)/b25-15+. The van der Waals surface area contributed by atoms with Crippen molar-refractivity contribution in [2.45, 2.75) is 20.8 Å². The van der Waals surface area contributed by atoms with Gasteiger partial charge in [0, 0.05) is 26.6 Å². The summed E-state index contributed by atoms with van der Waals surface area (Å²) in [6, 6.07) is 12.9. The van der Waals surface area contributed by atoms with E-state index in [1.54, 1.807) is 29.5 Å². The Morgan fingerprint density at radius 1 is 1.03 bits per heavy atom. The van der Waals surface area contributed by atoms with Crippen molar-refractivity contribution < 1.29 is 19.1 Å². The summed E-state index contributed by atoms with van der Waals surface area (Å²) < 4.78 is 12.2. The maximum atomic E-state index is 12.4. The van der Waals surface area contributed by atoms with Gasteiger partial charge in [0.25, 0.3) is 11.8 Å². The molecular weight excluding hydrogens is 414 g/mol. The summed E-state index contributed by atoms with van der Waals surface area (Å²) in [6.07, 6.45) is 0.